The third kappa shape index (κ3) is 3.29. The Balaban J connectivity index is 2.13. The van der Waals surface area contributed by atoms with E-state index >= 15 is 0 Å². The minimum atomic E-state index is -0.940. The van der Waals surface area contributed by atoms with E-state index in [0.29, 0.717) is 18.0 Å². The van der Waals surface area contributed by atoms with Crippen LogP contribution in [0.3, 0.4) is 0 Å². The van der Waals surface area contributed by atoms with Gasteiger partial charge in [-0.15, -0.1) is 0 Å². The molecule has 5 nitrogen and oxygen atoms in total. The summed E-state index contributed by atoms with van der Waals surface area (Å²) in [4.78, 5) is 26.7. The molecular formula is C15H19ClN2O3. The second-order valence-corrected chi connectivity index (χ2v) is 5.75. The maximum atomic E-state index is 12.5. The number of carboxylic acids is 1. The van der Waals surface area contributed by atoms with Gasteiger partial charge >= 0.3 is 12.0 Å². The topological polar surface area (TPSA) is 60.9 Å². The molecule has 1 aliphatic heterocycles. The first kappa shape index (κ1) is 15.6. The maximum absolute atomic E-state index is 12.5. The highest BCUT2D eigenvalue weighted by Gasteiger charge is 2.36. The Morgan fingerprint density at radius 3 is 2.81 bits per heavy atom. The number of hydrogen-bond donors (Lipinski definition) is 1. The lowest BCUT2D eigenvalue weighted by Gasteiger charge is -2.31. The molecule has 0 radical (unpaired) electrons. The molecule has 1 saturated heterocycles. The molecule has 21 heavy (non-hydrogen) atoms. The second kappa shape index (κ2) is 6.35. The van der Waals surface area contributed by atoms with Crippen molar-refractivity contribution in [1.29, 1.82) is 0 Å². The van der Waals surface area contributed by atoms with Crippen LogP contribution in [0.4, 0.5) is 4.79 Å². The van der Waals surface area contributed by atoms with Gasteiger partial charge in [0.15, 0.2) is 0 Å². The normalized spacial score (nSPS) is 19.4. The molecule has 6 heteroatoms. The van der Waals surface area contributed by atoms with Crippen molar-refractivity contribution in [3.8, 4) is 0 Å². The predicted molar refractivity (Wildman–Crippen MR) is 80.4 cm³/mol. The summed E-state index contributed by atoms with van der Waals surface area (Å²) in [5, 5.41) is 9.79. The van der Waals surface area contributed by atoms with E-state index in [9.17, 15) is 14.7 Å². The largest absolute Gasteiger partial charge is 0.480 e. The van der Waals surface area contributed by atoms with Crippen LogP contribution in [-0.4, -0.2) is 46.5 Å². The molecular weight excluding hydrogens is 292 g/mol. The van der Waals surface area contributed by atoms with Gasteiger partial charge in [0.1, 0.15) is 6.04 Å². The third-order valence-electron chi connectivity index (χ3n) is 4.00. The molecule has 2 atom stereocenters. The van der Waals surface area contributed by atoms with Crippen molar-refractivity contribution in [1.82, 2.24) is 9.80 Å². The number of carboxylic acid groups (broad SMARTS) is 1. The highest BCUT2D eigenvalue weighted by Crippen LogP contribution is 2.25. The molecule has 1 fully saturated rings. The Bertz CT molecular complexity index is 549. The standard InChI is InChI=1S/C15H19ClN2O3/c1-10(11-5-3-6-12(16)9-11)17(2)15(21)18-8-4-7-13(18)14(19)20/h3,5-6,9-10,13H,4,7-8H2,1-2H3,(H,19,20)/t10?,13-/m1/s1. The zero-order chi connectivity index (χ0) is 15.6. The molecule has 1 aromatic carbocycles. The lowest BCUT2D eigenvalue weighted by Crippen LogP contribution is -2.47. The Kier molecular flexibility index (Phi) is 4.73. The number of rotatable bonds is 3. The first-order valence-corrected chi connectivity index (χ1v) is 7.31. The average molecular weight is 311 g/mol. The molecule has 1 aromatic rings. The molecule has 1 unspecified atom stereocenters. The van der Waals surface area contributed by atoms with Crippen LogP contribution in [0.15, 0.2) is 24.3 Å². The van der Waals surface area contributed by atoms with Crippen LogP contribution in [0.25, 0.3) is 0 Å². The lowest BCUT2D eigenvalue weighted by molar-refractivity contribution is -0.141. The first-order valence-electron chi connectivity index (χ1n) is 6.93. The molecule has 1 heterocycles. The van der Waals surface area contributed by atoms with Crippen molar-refractivity contribution in [2.24, 2.45) is 0 Å². The molecule has 0 aromatic heterocycles. The summed E-state index contributed by atoms with van der Waals surface area (Å²) in [6.45, 7) is 2.39. The van der Waals surface area contributed by atoms with E-state index in [4.69, 9.17) is 11.6 Å². The van der Waals surface area contributed by atoms with Crippen molar-refractivity contribution in [3.63, 3.8) is 0 Å². The number of carbonyl (C=O) groups is 2. The van der Waals surface area contributed by atoms with Crippen molar-refractivity contribution in [2.45, 2.75) is 31.8 Å². The number of benzene rings is 1. The van der Waals surface area contributed by atoms with Gasteiger partial charge in [0.25, 0.3) is 0 Å². The Hall–Kier alpha value is -1.75. The van der Waals surface area contributed by atoms with E-state index < -0.39 is 12.0 Å². The Morgan fingerprint density at radius 1 is 1.48 bits per heavy atom. The summed E-state index contributed by atoms with van der Waals surface area (Å²) in [6.07, 6.45) is 1.24. The van der Waals surface area contributed by atoms with Gasteiger partial charge in [0.2, 0.25) is 0 Å². The number of carbonyl (C=O) groups excluding carboxylic acids is 1. The maximum Gasteiger partial charge on any atom is 0.326 e. The minimum Gasteiger partial charge on any atom is -0.480 e. The predicted octanol–water partition coefficient (Wildman–Crippen LogP) is 3.00. The number of nitrogens with zero attached hydrogens (tertiary/aromatic N) is 2. The highest BCUT2D eigenvalue weighted by atomic mass is 35.5. The molecule has 0 aliphatic carbocycles. The highest BCUT2D eigenvalue weighted by molar-refractivity contribution is 6.30. The van der Waals surface area contributed by atoms with E-state index in [2.05, 4.69) is 0 Å². The summed E-state index contributed by atoms with van der Waals surface area (Å²) in [5.74, 6) is -0.940. The lowest BCUT2D eigenvalue weighted by atomic mass is 10.1. The van der Waals surface area contributed by atoms with Crippen molar-refractivity contribution in [2.75, 3.05) is 13.6 Å². The van der Waals surface area contributed by atoms with E-state index in [-0.39, 0.29) is 12.1 Å². The van der Waals surface area contributed by atoms with Crippen LogP contribution in [0.1, 0.15) is 31.4 Å². The van der Waals surface area contributed by atoms with Gasteiger partial charge in [-0.2, -0.15) is 0 Å². The van der Waals surface area contributed by atoms with Gasteiger partial charge in [-0.3, -0.25) is 0 Å². The molecule has 114 valence electrons. The molecule has 1 N–H and O–H groups in total. The fourth-order valence-corrected chi connectivity index (χ4v) is 2.81. The molecule has 0 saturated carbocycles. The quantitative estimate of drug-likeness (QED) is 0.933. The van der Waals surface area contributed by atoms with E-state index in [1.165, 1.54) is 4.90 Å². The van der Waals surface area contributed by atoms with Gasteiger partial charge in [-0.25, -0.2) is 9.59 Å². The number of aliphatic carboxylic acids is 1. The number of halogens is 1. The van der Waals surface area contributed by atoms with Gasteiger partial charge in [0.05, 0.1) is 6.04 Å². The molecule has 2 amide bonds. The van der Waals surface area contributed by atoms with Gasteiger partial charge in [0, 0.05) is 18.6 Å². The van der Waals surface area contributed by atoms with Gasteiger partial charge in [-0.1, -0.05) is 23.7 Å². The van der Waals surface area contributed by atoms with Crippen LogP contribution in [-0.2, 0) is 4.79 Å². The zero-order valence-corrected chi connectivity index (χ0v) is 12.9. The number of amides is 2. The van der Waals surface area contributed by atoms with Crippen LogP contribution < -0.4 is 0 Å². The zero-order valence-electron chi connectivity index (χ0n) is 12.1. The summed E-state index contributed by atoms with van der Waals surface area (Å²) < 4.78 is 0. The third-order valence-corrected chi connectivity index (χ3v) is 4.23. The summed E-state index contributed by atoms with van der Waals surface area (Å²) in [5.41, 5.74) is 0.921. The second-order valence-electron chi connectivity index (χ2n) is 5.31. The number of urea groups is 1. The smallest absolute Gasteiger partial charge is 0.326 e. The Morgan fingerprint density at radius 2 is 2.19 bits per heavy atom. The van der Waals surface area contributed by atoms with E-state index in [0.717, 1.165) is 12.0 Å². The average Bonchev–Trinajstić information content (AvgIpc) is 2.94. The SMILES string of the molecule is CC(c1cccc(Cl)c1)N(C)C(=O)N1CCC[C@@H]1C(=O)O. The van der Waals surface area contributed by atoms with Crippen LogP contribution in [0.2, 0.25) is 5.02 Å². The van der Waals surface area contributed by atoms with Crippen LogP contribution >= 0.6 is 11.6 Å². The summed E-state index contributed by atoms with van der Waals surface area (Å²) in [7, 11) is 1.69. The number of likely N-dealkylation sites (tertiary alicyclic amines) is 1. The van der Waals surface area contributed by atoms with Crippen molar-refractivity contribution < 1.29 is 14.7 Å². The fourth-order valence-electron chi connectivity index (χ4n) is 2.61. The molecule has 0 spiro atoms. The fraction of sp³-hybridized carbons (Fsp3) is 0.467. The van der Waals surface area contributed by atoms with Crippen molar-refractivity contribution >= 4 is 23.6 Å². The monoisotopic (exact) mass is 310 g/mol. The molecule has 0 bridgehead atoms. The van der Waals surface area contributed by atoms with Gasteiger partial charge < -0.3 is 14.9 Å². The van der Waals surface area contributed by atoms with Crippen LogP contribution in [0, 0.1) is 0 Å². The summed E-state index contributed by atoms with van der Waals surface area (Å²) >= 11 is 5.97. The van der Waals surface area contributed by atoms with E-state index in [1.54, 1.807) is 18.0 Å². The van der Waals surface area contributed by atoms with E-state index in [1.807, 2.05) is 25.1 Å². The molecule has 2 rings (SSSR count). The van der Waals surface area contributed by atoms with Gasteiger partial charge in [-0.05, 0) is 37.5 Å². The Labute approximate surface area is 129 Å². The van der Waals surface area contributed by atoms with Crippen molar-refractivity contribution in [3.05, 3.63) is 34.9 Å². The number of hydrogen-bond acceptors (Lipinski definition) is 2. The molecule has 1 aliphatic rings. The first-order chi connectivity index (χ1) is 9.91. The summed E-state index contributed by atoms with van der Waals surface area (Å²) in [6, 6.07) is 6.18. The van der Waals surface area contributed by atoms with Crippen LogP contribution in [0.5, 0.6) is 0 Å². The minimum absolute atomic E-state index is 0.175.